The van der Waals surface area contributed by atoms with Crippen LogP contribution >= 0.6 is 0 Å². The van der Waals surface area contributed by atoms with Crippen molar-refractivity contribution in [2.45, 2.75) is 38.1 Å². The van der Waals surface area contributed by atoms with Gasteiger partial charge in [0.2, 0.25) is 0 Å². The second-order valence-corrected chi connectivity index (χ2v) is 7.69. The van der Waals surface area contributed by atoms with E-state index in [1.807, 2.05) is 7.05 Å². The van der Waals surface area contributed by atoms with E-state index in [9.17, 15) is 8.42 Å². The number of nitrogens with one attached hydrogen (secondary N) is 1. The standard InChI is InChI=1S/C12H26N2O2S/c1-4-6-12(7-5-8-13-12)11-14(2)9-10-17(3,15)16/h13H,4-11H2,1-3H3. The van der Waals surface area contributed by atoms with Gasteiger partial charge in [-0.3, -0.25) is 0 Å². The van der Waals surface area contributed by atoms with Gasteiger partial charge in [-0.15, -0.1) is 0 Å². The zero-order chi connectivity index (χ0) is 12.9. The SMILES string of the molecule is CCCC1(CN(C)CCS(C)(=O)=O)CCCN1. The highest BCUT2D eigenvalue weighted by Crippen LogP contribution is 2.25. The maximum atomic E-state index is 11.1. The van der Waals surface area contributed by atoms with Gasteiger partial charge in [0.05, 0.1) is 5.75 Å². The fourth-order valence-electron chi connectivity index (χ4n) is 2.69. The normalized spacial score (nSPS) is 25.6. The average Bonchev–Trinajstić information content (AvgIpc) is 2.63. The summed E-state index contributed by atoms with van der Waals surface area (Å²) in [6, 6.07) is 0. The van der Waals surface area contributed by atoms with Crippen molar-refractivity contribution in [2.24, 2.45) is 0 Å². The molecule has 0 aromatic rings. The molecular weight excluding hydrogens is 236 g/mol. The highest BCUT2D eigenvalue weighted by molar-refractivity contribution is 7.90. The van der Waals surface area contributed by atoms with Crippen LogP contribution in [0, 0.1) is 0 Å². The molecule has 0 amide bonds. The Morgan fingerprint density at radius 2 is 2.12 bits per heavy atom. The zero-order valence-electron chi connectivity index (χ0n) is 11.3. The van der Waals surface area contributed by atoms with Crippen LogP contribution in [-0.2, 0) is 9.84 Å². The number of nitrogens with zero attached hydrogens (tertiary/aromatic N) is 1. The van der Waals surface area contributed by atoms with E-state index in [4.69, 9.17) is 0 Å². The maximum absolute atomic E-state index is 11.1. The van der Waals surface area contributed by atoms with E-state index in [0.29, 0.717) is 6.54 Å². The summed E-state index contributed by atoms with van der Waals surface area (Å²) in [5, 5.41) is 3.61. The fourth-order valence-corrected chi connectivity index (χ4v) is 3.34. The minimum atomic E-state index is -2.85. The van der Waals surface area contributed by atoms with Crippen molar-refractivity contribution < 1.29 is 8.42 Å². The van der Waals surface area contributed by atoms with Gasteiger partial charge in [-0.1, -0.05) is 13.3 Å². The lowest BCUT2D eigenvalue weighted by Crippen LogP contribution is -2.49. The first-order chi connectivity index (χ1) is 7.87. The van der Waals surface area contributed by atoms with Crippen LogP contribution in [0.3, 0.4) is 0 Å². The van der Waals surface area contributed by atoms with Crippen LogP contribution in [0.2, 0.25) is 0 Å². The van der Waals surface area contributed by atoms with Crippen molar-refractivity contribution in [1.82, 2.24) is 10.2 Å². The van der Waals surface area contributed by atoms with Crippen molar-refractivity contribution >= 4 is 9.84 Å². The Morgan fingerprint density at radius 3 is 2.59 bits per heavy atom. The van der Waals surface area contributed by atoms with Crippen LogP contribution in [0.15, 0.2) is 0 Å². The molecular formula is C12H26N2O2S. The Morgan fingerprint density at radius 1 is 1.41 bits per heavy atom. The molecule has 102 valence electrons. The second kappa shape index (κ2) is 6.16. The summed E-state index contributed by atoms with van der Waals surface area (Å²) < 4.78 is 22.3. The molecule has 1 heterocycles. The van der Waals surface area contributed by atoms with Crippen molar-refractivity contribution in [1.29, 1.82) is 0 Å². The molecule has 5 heteroatoms. The summed E-state index contributed by atoms with van der Waals surface area (Å²) in [5.41, 5.74) is 0.223. The van der Waals surface area contributed by atoms with Gasteiger partial charge in [0, 0.05) is 24.9 Å². The average molecular weight is 262 g/mol. The smallest absolute Gasteiger partial charge is 0.148 e. The molecule has 0 radical (unpaired) electrons. The van der Waals surface area contributed by atoms with E-state index in [-0.39, 0.29) is 11.3 Å². The summed E-state index contributed by atoms with van der Waals surface area (Å²) in [5.74, 6) is 0.256. The van der Waals surface area contributed by atoms with E-state index in [1.165, 1.54) is 31.9 Å². The second-order valence-electron chi connectivity index (χ2n) is 5.43. The Balaban J connectivity index is 2.44. The van der Waals surface area contributed by atoms with Gasteiger partial charge in [-0.05, 0) is 32.9 Å². The van der Waals surface area contributed by atoms with Gasteiger partial charge in [0.15, 0.2) is 0 Å². The lowest BCUT2D eigenvalue weighted by molar-refractivity contribution is 0.221. The molecule has 1 aliphatic rings. The third kappa shape index (κ3) is 5.36. The van der Waals surface area contributed by atoms with Gasteiger partial charge >= 0.3 is 0 Å². The molecule has 1 aliphatic heterocycles. The summed E-state index contributed by atoms with van der Waals surface area (Å²) in [6.07, 6.45) is 6.10. The largest absolute Gasteiger partial charge is 0.310 e. The quantitative estimate of drug-likeness (QED) is 0.740. The first-order valence-corrected chi connectivity index (χ1v) is 8.54. The van der Waals surface area contributed by atoms with Crippen LogP contribution in [-0.4, -0.2) is 57.5 Å². The Hall–Kier alpha value is -0.130. The third-order valence-electron chi connectivity index (χ3n) is 3.48. The topological polar surface area (TPSA) is 49.4 Å². The van der Waals surface area contributed by atoms with E-state index in [2.05, 4.69) is 17.1 Å². The molecule has 0 aromatic heterocycles. The summed E-state index contributed by atoms with van der Waals surface area (Å²) in [7, 11) is -0.830. The van der Waals surface area contributed by atoms with E-state index >= 15 is 0 Å². The van der Waals surface area contributed by atoms with Crippen LogP contribution in [0.4, 0.5) is 0 Å². The zero-order valence-corrected chi connectivity index (χ0v) is 12.1. The number of hydrogen-bond donors (Lipinski definition) is 1. The van der Waals surface area contributed by atoms with Gasteiger partial charge < -0.3 is 10.2 Å². The Labute approximate surface area is 106 Å². The minimum Gasteiger partial charge on any atom is -0.310 e. The molecule has 0 bridgehead atoms. The highest BCUT2D eigenvalue weighted by Gasteiger charge is 2.33. The van der Waals surface area contributed by atoms with Gasteiger partial charge in [-0.25, -0.2) is 8.42 Å². The van der Waals surface area contributed by atoms with Crippen molar-refractivity contribution in [3.63, 3.8) is 0 Å². The number of sulfone groups is 1. The fraction of sp³-hybridized carbons (Fsp3) is 1.00. The lowest BCUT2D eigenvalue weighted by atomic mass is 9.91. The number of rotatable bonds is 7. The van der Waals surface area contributed by atoms with E-state index in [0.717, 1.165) is 13.1 Å². The molecule has 1 rings (SSSR count). The van der Waals surface area contributed by atoms with Gasteiger partial charge in [0.25, 0.3) is 0 Å². The molecule has 1 fully saturated rings. The first-order valence-electron chi connectivity index (χ1n) is 6.48. The van der Waals surface area contributed by atoms with Crippen LogP contribution in [0.1, 0.15) is 32.6 Å². The molecule has 0 aromatic carbocycles. The molecule has 1 N–H and O–H groups in total. The predicted molar refractivity (Wildman–Crippen MR) is 72.1 cm³/mol. The van der Waals surface area contributed by atoms with Crippen LogP contribution < -0.4 is 5.32 Å². The molecule has 17 heavy (non-hydrogen) atoms. The monoisotopic (exact) mass is 262 g/mol. The molecule has 0 saturated carbocycles. The summed E-state index contributed by atoms with van der Waals surface area (Å²) in [4.78, 5) is 2.15. The van der Waals surface area contributed by atoms with E-state index in [1.54, 1.807) is 0 Å². The first kappa shape index (κ1) is 14.9. The maximum Gasteiger partial charge on any atom is 0.148 e. The highest BCUT2D eigenvalue weighted by atomic mass is 32.2. The Bertz CT molecular complexity index is 321. The molecule has 1 atom stereocenters. The minimum absolute atomic E-state index is 0.223. The van der Waals surface area contributed by atoms with Crippen molar-refractivity contribution in [2.75, 3.05) is 38.7 Å². The molecule has 4 nitrogen and oxygen atoms in total. The van der Waals surface area contributed by atoms with Gasteiger partial charge in [-0.2, -0.15) is 0 Å². The number of hydrogen-bond acceptors (Lipinski definition) is 4. The summed E-state index contributed by atoms with van der Waals surface area (Å²) in [6.45, 7) is 4.89. The summed E-state index contributed by atoms with van der Waals surface area (Å²) >= 11 is 0. The predicted octanol–water partition coefficient (Wildman–Crippen LogP) is 0.885. The van der Waals surface area contributed by atoms with Gasteiger partial charge in [0.1, 0.15) is 9.84 Å². The van der Waals surface area contributed by atoms with Crippen LogP contribution in [0.25, 0.3) is 0 Å². The molecule has 0 aliphatic carbocycles. The van der Waals surface area contributed by atoms with Crippen LogP contribution in [0.5, 0.6) is 0 Å². The van der Waals surface area contributed by atoms with Crippen molar-refractivity contribution in [3.8, 4) is 0 Å². The Kier molecular flexibility index (Phi) is 5.41. The number of likely N-dealkylation sites (N-methyl/N-ethyl adjacent to an activating group) is 1. The van der Waals surface area contributed by atoms with E-state index < -0.39 is 9.84 Å². The molecule has 1 saturated heterocycles. The van der Waals surface area contributed by atoms with Crippen molar-refractivity contribution in [3.05, 3.63) is 0 Å². The lowest BCUT2D eigenvalue weighted by Gasteiger charge is -2.33. The third-order valence-corrected chi connectivity index (χ3v) is 4.40. The molecule has 1 unspecified atom stereocenters. The molecule has 0 spiro atoms.